The molecule has 1 saturated heterocycles. The Morgan fingerprint density at radius 3 is 2.57 bits per heavy atom. The zero-order valence-electron chi connectivity index (χ0n) is 23.7. The first-order valence-corrected chi connectivity index (χ1v) is 14.6. The molecule has 3 heterocycles. The minimum Gasteiger partial charge on any atom is -0.390 e. The molecular weight excluding hydrogens is 518 g/mol. The van der Waals surface area contributed by atoms with Gasteiger partial charge < -0.3 is 19.9 Å². The van der Waals surface area contributed by atoms with Crippen LogP contribution in [-0.4, -0.2) is 51.8 Å². The summed E-state index contributed by atoms with van der Waals surface area (Å²) < 4.78 is 2.28. The van der Waals surface area contributed by atoms with Gasteiger partial charge in [0.05, 0.1) is 33.4 Å². The fourth-order valence-electron chi connectivity index (χ4n) is 6.39. The van der Waals surface area contributed by atoms with E-state index in [-0.39, 0.29) is 0 Å². The van der Waals surface area contributed by atoms with Crippen molar-refractivity contribution in [3.05, 3.63) is 103 Å². The van der Waals surface area contributed by atoms with Crippen LogP contribution in [0.3, 0.4) is 0 Å². The third kappa shape index (κ3) is 4.67. The number of nitrogens with one attached hydrogen (secondary N) is 1. The van der Waals surface area contributed by atoms with Gasteiger partial charge in [0.2, 0.25) is 0 Å². The standard InChI is InChI=1S/C36H33N5O/c1-40-19-16-36(42,17-20-40)15-18-38-32-22-28(14-13-26(32)23-37)41-33-11-5-3-8-30(33)35-29(9-6-12-34(35)41)27-21-25-7-2-4-10-31(25)39-24-27/h2-14,21-22,24,38,42H,15-20H2,1H3. The molecule has 42 heavy (non-hydrogen) atoms. The highest BCUT2D eigenvalue weighted by Gasteiger charge is 2.30. The van der Waals surface area contributed by atoms with E-state index < -0.39 is 5.60 Å². The van der Waals surface area contributed by atoms with Crippen molar-refractivity contribution in [3.63, 3.8) is 0 Å². The number of para-hydroxylation sites is 2. The van der Waals surface area contributed by atoms with Crippen molar-refractivity contribution in [2.45, 2.75) is 24.9 Å². The monoisotopic (exact) mass is 551 g/mol. The van der Waals surface area contributed by atoms with Crippen LogP contribution in [0.2, 0.25) is 0 Å². The smallest absolute Gasteiger partial charge is 0.101 e. The number of hydrogen-bond donors (Lipinski definition) is 2. The van der Waals surface area contributed by atoms with Crippen molar-refractivity contribution in [3.8, 4) is 22.9 Å². The number of likely N-dealkylation sites (tertiary alicyclic amines) is 1. The van der Waals surface area contributed by atoms with Crippen molar-refractivity contribution in [2.75, 3.05) is 32.0 Å². The Morgan fingerprint density at radius 2 is 1.71 bits per heavy atom. The molecule has 0 unspecified atom stereocenters. The van der Waals surface area contributed by atoms with E-state index in [0.717, 1.165) is 70.4 Å². The van der Waals surface area contributed by atoms with E-state index in [4.69, 9.17) is 4.98 Å². The van der Waals surface area contributed by atoms with Crippen LogP contribution in [0.4, 0.5) is 5.69 Å². The molecule has 1 fully saturated rings. The minimum absolute atomic E-state index is 0.595. The molecule has 208 valence electrons. The van der Waals surface area contributed by atoms with E-state index in [1.165, 1.54) is 10.8 Å². The number of aliphatic hydroxyl groups is 1. The van der Waals surface area contributed by atoms with Crippen LogP contribution >= 0.6 is 0 Å². The van der Waals surface area contributed by atoms with Crippen LogP contribution in [0.1, 0.15) is 24.8 Å². The maximum absolute atomic E-state index is 11.1. The summed E-state index contributed by atoms with van der Waals surface area (Å²) in [6, 6.07) is 33.6. The molecule has 2 aromatic heterocycles. The number of nitriles is 1. The normalized spacial score (nSPS) is 15.3. The number of rotatable bonds is 6. The van der Waals surface area contributed by atoms with E-state index in [9.17, 15) is 10.4 Å². The molecule has 2 N–H and O–H groups in total. The molecule has 1 aliphatic rings. The first-order valence-electron chi connectivity index (χ1n) is 14.6. The Bertz CT molecular complexity index is 1980. The molecule has 0 amide bonds. The van der Waals surface area contributed by atoms with Crippen molar-refractivity contribution < 1.29 is 5.11 Å². The van der Waals surface area contributed by atoms with E-state index in [2.05, 4.69) is 88.6 Å². The number of pyridine rings is 1. The zero-order chi connectivity index (χ0) is 28.7. The minimum atomic E-state index is -0.662. The van der Waals surface area contributed by atoms with Crippen LogP contribution in [0.15, 0.2) is 97.2 Å². The molecule has 4 aromatic carbocycles. The number of fused-ring (bicyclic) bond motifs is 4. The second kappa shape index (κ2) is 10.6. The van der Waals surface area contributed by atoms with Crippen molar-refractivity contribution >= 4 is 38.4 Å². The molecule has 6 aromatic rings. The Morgan fingerprint density at radius 1 is 0.929 bits per heavy atom. The number of hydrogen-bond acceptors (Lipinski definition) is 5. The zero-order valence-corrected chi connectivity index (χ0v) is 23.7. The highest BCUT2D eigenvalue weighted by molar-refractivity contribution is 6.16. The maximum Gasteiger partial charge on any atom is 0.101 e. The first-order chi connectivity index (χ1) is 20.5. The van der Waals surface area contributed by atoms with Crippen molar-refractivity contribution in [1.82, 2.24) is 14.5 Å². The molecule has 6 nitrogen and oxygen atoms in total. The summed E-state index contributed by atoms with van der Waals surface area (Å²) in [5, 5.41) is 27.9. The van der Waals surface area contributed by atoms with E-state index in [1.807, 2.05) is 36.5 Å². The van der Waals surface area contributed by atoms with Gasteiger partial charge in [-0.05, 0) is 74.3 Å². The third-order valence-corrected chi connectivity index (χ3v) is 8.80. The average Bonchev–Trinajstić information content (AvgIpc) is 3.37. The highest BCUT2D eigenvalue weighted by Crippen LogP contribution is 2.39. The molecule has 0 saturated carbocycles. The summed E-state index contributed by atoms with van der Waals surface area (Å²) in [5.74, 6) is 0. The number of aromatic nitrogens is 2. The van der Waals surface area contributed by atoms with Crippen LogP contribution < -0.4 is 5.32 Å². The van der Waals surface area contributed by atoms with Gasteiger partial charge in [-0.2, -0.15) is 5.26 Å². The first kappa shape index (κ1) is 26.2. The van der Waals surface area contributed by atoms with Gasteiger partial charge in [-0.15, -0.1) is 0 Å². The maximum atomic E-state index is 11.1. The van der Waals surface area contributed by atoms with Gasteiger partial charge in [0.25, 0.3) is 0 Å². The number of benzene rings is 4. The van der Waals surface area contributed by atoms with Crippen LogP contribution in [-0.2, 0) is 0 Å². The van der Waals surface area contributed by atoms with Gasteiger partial charge in [0.15, 0.2) is 0 Å². The highest BCUT2D eigenvalue weighted by atomic mass is 16.3. The molecule has 1 aliphatic heterocycles. The van der Waals surface area contributed by atoms with Crippen LogP contribution in [0, 0.1) is 11.3 Å². The van der Waals surface area contributed by atoms with Gasteiger partial charge in [-0.25, -0.2) is 0 Å². The van der Waals surface area contributed by atoms with Crippen LogP contribution in [0.5, 0.6) is 0 Å². The Labute approximate surface area is 245 Å². The van der Waals surface area contributed by atoms with Crippen LogP contribution in [0.25, 0.3) is 49.5 Å². The lowest BCUT2D eigenvalue weighted by Crippen LogP contribution is -2.43. The second-order valence-corrected chi connectivity index (χ2v) is 11.5. The topological polar surface area (TPSA) is 77.1 Å². The predicted molar refractivity (Wildman–Crippen MR) is 171 cm³/mol. The molecular formula is C36H33N5O. The lowest BCUT2D eigenvalue weighted by molar-refractivity contribution is -0.0194. The average molecular weight is 552 g/mol. The van der Waals surface area contributed by atoms with Gasteiger partial charge in [-0.1, -0.05) is 48.5 Å². The Kier molecular flexibility index (Phi) is 6.62. The molecule has 6 heteroatoms. The summed E-state index contributed by atoms with van der Waals surface area (Å²) in [4.78, 5) is 7.00. The molecule has 0 bridgehead atoms. The summed E-state index contributed by atoms with van der Waals surface area (Å²) in [7, 11) is 2.10. The second-order valence-electron chi connectivity index (χ2n) is 11.5. The Balaban J connectivity index is 1.30. The molecule has 7 rings (SSSR count). The molecule has 0 aliphatic carbocycles. The van der Waals surface area contributed by atoms with E-state index in [0.29, 0.717) is 18.5 Å². The number of anilines is 1. The summed E-state index contributed by atoms with van der Waals surface area (Å²) in [6.45, 7) is 2.41. The summed E-state index contributed by atoms with van der Waals surface area (Å²) in [6.07, 6.45) is 4.15. The van der Waals surface area contributed by atoms with Gasteiger partial charge >= 0.3 is 0 Å². The Hall–Kier alpha value is -4.70. The fourth-order valence-corrected chi connectivity index (χ4v) is 6.39. The van der Waals surface area contributed by atoms with Gasteiger partial charge in [0.1, 0.15) is 6.07 Å². The SMILES string of the molecule is CN1CCC(O)(CCNc2cc(-n3c4ccccc4c4c(-c5cnc6ccccc6c5)cccc43)ccc2C#N)CC1. The molecule has 0 radical (unpaired) electrons. The fraction of sp³-hybridized carbons (Fsp3) is 0.222. The summed E-state index contributed by atoms with van der Waals surface area (Å²) in [5.41, 5.74) is 7.10. The van der Waals surface area contributed by atoms with Crippen molar-refractivity contribution in [1.29, 1.82) is 5.26 Å². The lowest BCUT2D eigenvalue weighted by Gasteiger charge is -2.36. The third-order valence-electron chi connectivity index (χ3n) is 8.80. The largest absolute Gasteiger partial charge is 0.390 e. The lowest BCUT2D eigenvalue weighted by atomic mass is 9.88. The number of nitrogens with zero attached hydrogens (tertiary/aromatic N) is 4. The number of piperidine rings is 1. The predicted octanol–water partition coefficient (Wildman–Crippen LogP) is 7.13. The molecule has 0 spiro atoms. The quantitative estimate of drug-likeness (QED) is 0.230. The summed E-state index contributed by atoms with van der Waals surface area (Å²) >= 11 is 0. The molecule has 0 atom stereocenters. The van der Waals surface area contributed by atoms with E-state index >= 15 is 0 Å². The van der Waals surface area contributed by atoms with Gasteiger partial charge in [-0.3, -0.25) is 4.98 Å². The van der Waals surface area contributed by atoms with E-state index in [1.54, 1.807) is 0 Å². The van der Waals surface area contributed by atoms with Crippen molar-refractivity contribution in [2.24, 2.45) is 0 Å². The van der Waals surface area contributed by atoms with Gasteiger partial charge in [0, 0.05) is 53.2 Å².